The fourth-order valence-electron chi connectivity index (χ4n) is 1.38. The highest BCUT2D eigenvalue weighted by molar-refractivity contribution is 8.01. The number of hydrogen-bond acceptors (Lipinski definition) is 6. The summed E-state index contributed by atoms with van der Waals surface area (Å²) >= 11 is 2.87. The second-order valence-electron chi connectivity index (χ2n) is 3.55. The molecule has 2 aromatic rings. The van der Waals surface area contributed by atoms with Gasteiger partial charge in [0.1, 0.15) is 5.03 Å². The summed E-state index contributed by atoms with van der Waals surface area (Å²) in [6.07, 6.45) is 1.71. The molecule has 0 aliphatic heterocycles. The molecule has 0 saturated carbocycles. The number of carboxylic acid groups (broad SMARTS) is 1. The van der Waals surface area contributed by atoms with Gasteiger partial charge in [-0.3, -0.25) is 4.79 Å². The van der Waals surface area contributed by atoms with Gasteiger partial charge in [-0.2, -0.15) is 0 Å². The third-order valence-electron chi connectivity index (χ3n) is 2.26. The van der Waals surface area contributed by atoms with Crippen LogP contribution in [0.15, 0.2) is 15.6 Å². The van der Waals surface area contributed by atoms with Gasteiger partial charge in [0, 0.05) is 11.4 Å². The van der Waals surface area contributed by atoms with Gasteiger partial charge in [-0.05, 0) is 25.6 Å². The Labute approximate surface area is 112 Å². The van der Waals surface area contributed by atoms with Crippen molar-refractivity contribution in [2.75, 3.05) is 0 Å². The van der Waals surface area contributed by atoms with Gasteiger partial charge in [0.05, 0.1) is 18.3 Å². The van der Waals surface area contributed by atoms with E-state index in [2.05, 4.69) is 15.3 Å². The van der Waals surface area contributed by atoms with E-state index < -0.39 is 5.97 Å². The highest BCUT2D eigenvalue weighted by Crippen LogP contribution is 2.32. The van der Waals surface area contributed by atoms with Gasteiger partial charge in [-0.1, -0.05) is 5.21 Å². The van der Waals surface area contributed by atoms with Crippen LogP contribution in [0.5, 0.6) is 0 Å². The number of rotatable bonds is 5. The number of aliphatic carboxylic acids is 1. The van der Waals surface area contributed by atoms with Crippen LogP contribution in [0.3, 0.4) is 0 Å². The van der Waals surface area contributed by atoms with Crippen molar-refractivity contribution < 1.29 is 9.90 Å². The Kier molecular flexibility index (Phi) is 3.97. The molecule has 2 heterocycles. The summed E-state index contributed by atoms with van der Waals surface area (Å²) in [5, 5.41) is 17.5. The predicted molar refractivity (Wildman–Crippen MR) is 68.0 cm³/mol. The van der Waals surface area contributed by atoms with Crippen LogP contribution in [0, 0.1) is 6.92 Å². The molecule has 8 heteroatoms. The molecule has 0 aliphatic carbocycles. The zero-order valence-electron chi connectivity index (χ0n) is 9.95. The first-order chi connectivity index (χ1) is 8.60. The topological polar surface area (TPSA) is 80.9 Å². The zero-order valence-corrected chi connectivity index (χ0v) is 11.6. The van der Waals surface area contributed by atoms with Crippen LogP contribution in [-0.2, 0) is 17.8 Å². The first-order valence-electron chi connectivity index (χ1n) is 5.34. The minimum Gasteiger partial charge on any atom is -0.481 e. The Morgan fingerprint density at radius 2 is 2.39 bits per heavy atom. The zero-order chi connectivity index (χ0) is 13.1. The van der Waals surface area contributed by atoms with E-state index in [4.69, 9.17) is 5.11 Å². The summed E-state index contributed by atoms with van der Waals surface area (Å²) in [7, 11) is 0. The molecule has 0 amide bonds. The minimum absolute atomic E-state index is 0.0232. The SMILES string of the molecule is CCn1nncc1Sc1nc(C)c(CC(=O)O)s1. The van der Waals surface area contributed by atoms with Crippen LogP contribution in [0.25, 0.3) is 0 Å². The lowest BCUT2D eigenvalue weighted by Gasteiger charge is -1.98. The summed E-state index contributed by atoms with van der Waals surface area (Å²) in [5.41, 5.74) is 0.778. The predicted octanol–water partition coefficient (Wildman–Crippen LogP) is 1.84. The molecule has 0 atom stereocenters. The lowest BCUT2D eigenvalue weighted by atomic mass is 10.3. The Morgan fingerprint density at radius 3 is 3.06 bits per heavy atom. The molecule has 0 fully saturated rings. The highest BCUT2D eigenvalue weighted by atomic mass is 32.2. The molecule has 0 aliphatic rings. The van der Waals surface area contributed by atoms with Gasteiger partial charge < -0.3 is 5.11 Å². The van der Waals surface area contributed by atoms with E-state index in [9.17, 15) is 4.79 Å². The second kappa shape index (κ2) is 5.49. The fraction of sp³-hybridized carbons (Fsp3) is 0.400. The molecule has 6 nitrogen and oxygen atoms in total. The monoisotopic (exact) mass is 284 g/mol. The van der Waals surface area contributed by atoms with Crippen molar-refractivity contribution in [1.82, 2.24) is 20.0 Å². The molecule has 0 unspecified atom stereocenters. The maximum Gasteiger partial charge on any atom is 0.308 e. The van der Waals surface area contributed by atoms with Crippen LogP contribution in [0.4, 0.5) is 0 Å². The van der Waals surface area contributed by atoms with Crippen molar-refractivity contribution in [3.05, 3.63) is 16.8 Å². The van der Waals surface area contributed by atoms with E-state index in [0.717, 1.165) is 26.5 Å². The van der Waals surface area contributed by atoms with Crippen LogP contribution >= 0.6 is 23.1 Å². The van der Waals surface area contributed by atoms with E-state index in [-0.39, 0.29) is 6.42 Å². The minimum atomic E-state index is -0.835. The van der Waals surface area contributed by atoms with E-state index in [1.165, 1.54) is 23.1 Å². The quantitative estimate of drug-likeness (QED) is 0.902. The van der Waals surface area contributed by atoms with Gasteiger partial charge >= 0.3 is 5.97 Å². The Hall–Kier alpha value is -1.41. The third-order valence-corrected chi connectivity index (χ3v) is 4.50. The smallest absolute Gasteiger partial charge is 0.308 e. The number of carboxylic acids is 1. The van der Waals surface area contributed by atoms with Crippen molar-refractivity contribution >= 4 is 29.1 Å². The second-order valence-corrected chi connectivity index (χ2v) is 5.90. The summed E-state index contributed by atoms with van der Waals surface area (Å²) in [6.45, 7) is 4.56. The molecule has 0 radical (unpaired) electrons. The number of nitrogens with zero attached hydrogens (tertiary/aromatic N) is 4. The van der Waals surface area contributed by atoms with Crippen molar-refractivity contribution in [3.63, 3.8) is 0 Å². The molecule has 96 valence electrons. The summed E-state index contributed by atoms with van der Waals surface area (Å²) in [5.74, 6) is -0.835. The normalized spacial score (nSPS) is 10.8. The average Bonchev–Trinajstić information content (AvgIpc) is 2.86. The first kappa shape index (κ1) is 13.0. The Balaban J connectivity index is 2.17. The van der Waals surface area contributed by atoms with Gasteiger partial charge in [0.2, 0.25) is 0 Å². The number of hydrogen-bond donors (Lipinski definition) is 1. The molecule has 1 N–H and O–H groups in total. The van der Waals surface area contributed by atoms with Crippen molar-refractivity contribution in [2.45, 2.75) is 36.2 Å². The van der Waals surface area contributed by atoms with Crippen molar-refractivity contribution in [1.29, 1.82) is 0 Å². The van der Waals surface area contributed by atoms with Crippen LogP contribution < -0.4 is 0 Å². The van der Waals surface area contributed by atoms with Gasteiger partial charge in [0.25, 0.3) is 0 Å². The highest BCUT2D eigenvalue weighted by Gasteiger charge is 2.13. The van der Waals surface area contributed by atoms with E-state index in [0.29, 0.717) is 0 Å². The molecule has 0 bridgehead atoms. The van der Waals surface area contributed by atoms with Gasteiger partial charge in [0.15, 0.2) is 4.34 Å². The maximum absolute atomic E-state index is 10.7. The molecule has 18 heavy (non-hydrogen) atoms. The number of aryl methyl sites for hydroxylation is 2. The largest absolute Gasteiger partial charge is 0.481 e. The molecule has 0 saturated heterocycles. The van der Waals surface area contributed by atoms with Gasteiger partial charge in [-0.15, -0.1) is 16.4 Å². The molecule has 0 aromatic carbocycles. The number of carbonyl (C=O) groups is 1. The van der Waals surface area contributed by atoms with E-state index >= 15 is 0 Å². The van der Waals surface area contributed by atoms with Crippen LogP contribution in [0.1, 0.15) is 17.5 Å². The molecular weight excluding hydrogens is 272 g/mol. The molecule has 2 aromatic heterocycles. The lowest BCUT2D eigenvalue weighted by Crippen LogP contribution is -1.99. The first-order valence-corrected chi connectivity index (χ1v) is 6.98. The Morgan fingerprint density at radius 1 is 1.61 bits per heavy atom. The molecule has 0 spiro atoms. The van der Waals surface area contributed by atoms with Crippen LogP contribution in [-0.4, -0.2) is 31.1 Å². The third kappa shape index (κ3) is 2.88. The standard InChI is InChI=1S/C10H12N4O2S2/c1-3-14-8(5-11-13-14)18-10-12-6(2)7(17-10)4-9(15)16/h5H,3-4H2,1-2H3,(H,15,16). The average molecular weight is 284 g/mol. The lowest BCUT2D eigenvalue weighted by molar-refractivity contribution is -0.136. The Bertz CT molecular complexity index is 564. The summed E-state index contributed by atoms with van der Waals surface area (Å²) in [6, 6.07) is 0. The number of aromatic nitrogens is 4. The van der Waals surface area contributed by atoms with Crippen molar-refractivity contribution in [2.24, 2.45) is 0 Å². The fourth-order valence-corrected chi connectivity index (χ4v) is 3.62. The van der Waals surface area contributed by atoms with Gasteiger partial charge in [-0.25, -0.2) is 9.67 Å². The van der Waals surface area contributed by atoms with E-state index in [1.54, 1.807) is 10.9 Å². The molecular formula is C10H12N4O2S2. The maximum atomic E-state index is 10.7. The van der Waals surface area contributed by atoms with Crippen molar-refractivity contribution in [3.8, 4) is 0 Å². The van der Waals surface area contributed by atoms with E-state index in [1.807, 2.05) is 13.8 Å². The summed E-state index contributed by atoms with van der Waals surface area (Å²) in [4.78, 5) is 15.9. The van der Waals surface area contributed by atoms with Crippen LogP contribution in [0.2, 0.25) is 0 Å². The number of thiazole rings is 1. The summed E-state index contributed by atoms with van der Waals surface area (Å²) < 4.78 is 2.60. The molecule has 2 rings (SSSR count).